The molecule has 2 aromatic rings. The molecule has 116 valence electrons. The zero-order valence-corrected chi connectivity index (χ0v) is 13.3. The van der Waals surface area contributed by atoms with Crippen molar-refractivity contribution in [2.45, 2.75) is 0 Å². The summed E-state index contributed by atoms with van der Waals surface area (Å²) in [6.45, 7) is 0. The van der Waals surface area contributed by atoms with Gasteiger partial charge in [-0.25, -0.2) is 0 Å². The van der Waals surface area contributed by atoms with E-state index in [2.05, 4.69) is 25.4 Å². The third-order valence-corrected chi connectivity index (χ3v) is 3.46. The second-order valence-electron chi connectivity index (χ2n) is 4.16. The smallest absolute Gasteiger partial charge is 0.398 e. The van der Waals surface area contributed by atoms with Gasteiger partial charge in [0.15, 0.2) is 5.75 Å². The van der Waals surface area contributed by atoms with E-state index in [1.54, 1.807) is 18.2 Å². The number of halogens is 2. The third kappa shape index (κ3) is 4.18. The van der Waals surface area contributed by atoms with Crippen molar-refractivity contribution in [3.05, 3.63) is 52.5 Å². The molecule has 2 aromatic carbocycles. The third-order valence-electron chi connectivity index (χ3n) is 2.58. The molecular formula is C13H10BrFN2O4S. The quantitative estimate of drug-likeness (QED) is 0.619. The number of para-hydroxylation sites is 1. The fraction of sp³-hybridized carbons (Fsp3) is 0. The van der Waals surface area contributed by atoms with Crippen LogP contribution in [0.25, 0.3) is 0 Å². The van der Waals surface area contributed by atoms with E-state index in [9.17, 15) is 17.1 Å². The lowest BCUT2D eigenvalue weighted by Gasteiger charge is -2.11. The predicted octanol–water partition coefficient (Wildman–Crippen LogP) is 2.88. The first-order chi connectivity index (χ1) is 10.3. The molecule has 2 rings (SSSR count). The van der Waals surface area contributed by atoms with Crippen molar-refractivity contribution in [3.8, 4) is 5.75 Å². The molecule has 0 spiro atoms. The van der Waals surface area contributed by atoms with Gasteiger partial charge in [-0.05, 0) is 30.3 Å². The Morgan fingerprint density at radius 1 is 1.23 bits per heavy atom. The second kappa shape index (κ2) is 6.32. The van der Waals surface area contributed by atoms with Crippen LogP contribution < -0.4 is 15.2 Å². The maximum Gasteiger partial charge on any atom is 0.488 e. The van der Waals surface area contributed by atoms with Crippen LogP contribution in [0.3, 0.4) is 0 Å². The van der Waals surface area contributed by atoms with Gasteiger partial charge < -0.3 is 15.2 Å². The molecule has 0 aromatic heterocycles. The van der Waals surface area contributed by atoms with E-state index in [-0.39, 0.29) is 22.7 Å². The molecule has 9 heteroatoms. The molecule has 0 bridgehead atoms. The number of amides is 1. The molecule has 22 heavy (non-hydrogen) atoms. The Morgan fingerprint density at radius 2 is 1.91 bits per heavy atom. The lowest BCUT2D eigenvalue weighted by molar-refractivity contribution is 0.102. The fourth-order valence-electron chi connectivity index (χ4n) is 1.67. The standard InChI is InChI=1S/C13H10BrFN2O4S/c14-8-5-6-12(21-22(15,19)20)11(7-8)17-13(18)9-3-1-2-4-10(9)16/h1-7H,16H2,(H,17,18). The molecule has 0 fully saturated rings. The maximum absolute atomic E-state index is 12.7. The SMILES string of the molecule is Nc1ccccc1C(=O)Nc1cc(Br)ccc1OS(=O)(=O)F. The van der Waals surface area contributed by atoms with Gasteiger partial charge in [0.2, 0.25) is 0 Å². The van der Waals surface area contributed by atoms with Gasteiger partial charge in [0.1, 0.15) is 0 Å². The zero-order chi connectivity index (χ0) is 16.3. The average Bonchev–Trinajstić information content (AvgIpc) is 2.41. The molecule has 1 amide bonds. The summed E-state index contributed by atoms with van der Waals surface area (Å²) in [5, 5.41) is 2.43. The predicted molar refractivity (Wildman–Crippen MR) is 83.6 cm³/mol. The minimum absolute atomic E-state index is 0.0242. The van der Waals surface area contributed by atoms with Gasteiger partial charge in [-0.3, -0.25) is 4.79 Å². The first-order valence-electron chi connectivity index (χ1n) is 5.86. The summed E-state index contributed by atoms with van der Waals surface area (Å²) < 4.78 is 38.6. The second-order valence-corrected chi connectivity index (χ2v) is 6.03. The number of hydrogen-bond donors (Lipinski definition) is 2. The fourth-order valence-corrected chi connectivity index (χ4v) is 2.39. The van der Waals surface area contributed by atoms with Crippen molar-refractivity contribution < 1.29 is 21.3 Å². The number of nitrogens with two attached hydrogens (primary N) is 1. The molecule has 0 unspecified atom stereocenters. The summed E-state index contributed by atoms with van der Waals surface area (Å²) >= 11 is 3.16. The van der Waals surface area contributed by atoms with Crippen LogP contribution >= 0.6 is 15.9 Å². The Kier molecular flexibility index (Phi) is 4.67. The average molecular weight is 389 g/mol. The van der Waals surface area contributed by atoms with E-state index < -0.39 is 16.4 Å². The number of hydrogen-bond acceptors (Lipinski definition) is 5. The van der Waals surface area contributed by atoms with E-state index in [0.29, 0.717) is 4.47 Å². The molecule has 6 nitrogen and oxygen atoms in total. The highest BCUT2D eigenvalue weighted by Gasteiger charge is 2.17. The number of carbonyl (C=O) groups is 1. The Bertz CT molecular complexity index is 827. The summed E-state index contributed by atoms with van der Waals surface area (Å²) in [5.41, 5.74) is 6.10. The van der Waals surface area contributed by atoms with Gasteiger partial charge in [0.05, 0.1) is 11.3 Å². The van der Waals surface area contributed by atoms with Crippen LogP contribution in [-0.2, 0) is 10.5 Å². The number of carbonyl (C=O) groups excluding carboxylic acids is 1. The number of nitrogens with one attached hydrogen (secondary N) is 1. The number of nitrogen functional groups attached to an aromatic ring is 1. The van der Waals surface area contributed by atoms with Crippen LogP contribution in [0, 0.1) is 0 Å². The van der Waals surface area contributed by atoms with Gasteiger partial charge in [0, 0.05) is 10.2 Å². The van der Waals surface area contributed by atoms with Crippen molar-refractivity contribution in [1.82, 2.24) is 0 Å². The van der Waals surface area contributed by atoms with Crippen molar-refractivity contribution >= 4 is 43.7 Å². The van der Waals surface area contributed by atoms with Crippen LogP contribution in [0.5, 0.6) is 5.75 Å². The van der Waals surface area contributed by atoms with Crippen LogP contribution in [0.1, 0.15) is 10.4 Å². The van der Waals surface area contributed by atoms with Crippen LogP contribution in [0.2, 0.25) is 0 Å². The van der Waals surface area contributed by atoms with Crippen LogP contribution in [0.4, 0.5) is 15.3 Å². The Labute approximate surface area is 134 Å². The highest BCUT2D eigenvalue weighted by Crippen LogP contribution is 2.30. The summed E-state index contributed by atoms with van der Waals surface area (Å²) in [5.74, 6) is -0.939. The van der Waals surface area contributed by atoms with Gasteiger partial charge in [0.25, 0.3) is 5.91 Å². The van der Waals surface area contributed by atoms with Gasteiger partial charge in [-0.15, -0.1) is 0 Å². The van der Waals surface area contributed by atoms with Crippen molar-refractivity contribution in [2.24, 2.45) is 0 Å². The lowest BCUT2D eigenvalue weighted by Crippen LogP contribution is -2.15. The van der Waals surface area contributed by atoms with E-state index in [1.807, 2.05) is 0 Å². The van der Waals surface area contributed by atoms with Gasteiger partial charge >= 0.3 is 10.5 Å². The Balaban J connectivity index is 2.34. The molecule has 0 saturated heterocycles. The van der Waals surface area contributed by atoms with Crippen LogP contribution in [0.15, 0.2) is 46.9 Å². The van der Waals surface area contributed by atoms with Crippen molar-refractivity contribution in [1.29, 1.82) is 0 Å². The molecule has 0 aliphatic carbocycles. The minimum Gasteiger partial charge on any atom is -0.398 e. The first-order valence-corrected chi connectivity index (χ1v) is 7.96. The number of benzene rings is 2. The highest BCUT2D eigenvalue weighted by atomic mass is 79.9. The summed E-state index contributed by atoms with van der Waals surface area (Å²) in [6, 6.07) is 10.3. The van der Waals surface area contributed by atoms with Crippen LogP contribution in [-0.4, -0.2) is 14.3 Å². The lowest BCUT2D eigenvalue weighted by atomic mass is 10.1. The van der Waals surface area contributed by atoms with E-state index in [4.69, 9.17) is 5.73 Å². The molecular weight excluding hydrogens is 379 g/mol. The van der Waals surface area contributed by atoms with E-state index in [0.717, 1.165) is 0 Å². The van der Waals surface area contributed by atoms with Gasteiger partial charge in [-0.1, -0.05) is 31.9 Å². The first kappa shape index (κ1) is 16.2. The normalized spacial score (nSPS) is 11.0. The summed E-state index contributed by atoms with van der Waals surface area (Å²) in [4.78, 5) is 12.2. The number of rotatable bonds is 4. The highest BCUT2D eigenvalue weighted by molar-refractivity contribution is 9.10. The molecule has 0 radical (unpaired) electrons. The van der Waals surface area contributed by atoms with E-state index >= 15 is 0 Å². The van der Waals surface area contributed by atoms with Crippen molar-refractivity contribution in [2.75, 3.05) is 11.1 Å². The zero-order valence-electron chi connectivity index (χ0n) is 10.9. The molecule has 0 heterocycles. The largest absolute Gasteiger partial charge is 0.488 e. The molecule has 0 saturated carbocycles. The minimum atomic E-state index is -5.21. The van der Waals surface area contributed by atoms with E-state index in [1.165, 1.54) is 24.3 Å². The number of anilines is 2. The summed E-state index contributed by atoms with van der Waals surface area (Å²) in [7, 11) is -5.21. The maximum atomic E-state index is 12.7. The Morgan fingerprint density at radius 3 is 2.55 bits per heavy atom. The topological polar surface area (TPSA) is 98.5 Å². The van der Waals surface area contributed by atoms with Crippen molar-refractivity contribution in [3.63, 3.8) is 0 Å². The molecule has 0 atom stereocenters. The molecule has 0 aliphatic rings. The Hall–Kier alpha value is -2.13. The molecule has 0 aliphatic heterocycles. The monoisotopic (exact) mass is 388 g/mol. The summed E-state index contributed by atoms with van der Waals surface area (Å²) in [6.07, 6.45) is 0. The molecule has 3 N–H and O–H groups in total. The van der Waals surface area contributed by atoms with Gasteiger partial charge in [-0.2, -0.15) is 8.42 Å².